The van der Waals surface area contributed by atoms with Crippen LogP contribution in [-0.4, -0.2) is 25.7 Å². The van der Waals surface area contributed by atoms with Gasteiger partial charge in [-0.15, -0.1) is 0 Å². The molecule has 17 heavy (non-hydrogen) atoms. The van der Waals surface area contributed by atoms with Crippen LogP contribution in [0.3, 0.4) is 0 Å². The molecule has 4 nitrogen and oxygen atoms in total. The molecule has 0 aromatic heterocycles. The first kappa shape index (κ1) is 12.1. The average Bonchev–Trinajstić information content (AvgIpc) is 2.41. The van der Waals surface area contributed by atoms with Crippen molar-refractivity contribution in [3.63, 3.8) is 0 Å². The summed E-state index contributed by atoms with van der Waals surface area (Å²) < 4.78 is 0. The van der Waals surface area contributed by atoms with Crippen molar-refractivity contribution in [2.45, 2.75) is 12.8 Å². The Morgan fingerprint density at radius 1 is 1.24 bits per heavy atom. The second kappa shape index (κ2) is 6.37. The van der Waals surface area contributed by atoms with Crippen molar-refractivity contribution < 1.29 is 14.6 Å². The summed E-state index contributed by atoms with van der Waals surface area (Å²) in [5.74, 6) is 0.0550. The highest BCUT2D eigenvalue weighted by atomic mass is 17.2. The molecule has 1 N–H and O–H groups in total. The van der Waals surface area contributed by atoms with Crippen molar-refractivity contribution in [3.05, 3.63) is 35.9 Å². The first-order valence-corrected chi connectivity index (χ1v) is 5.96. The number of nitrogens with one attached hydrogen (secondary N) is 1. The lowest BCUT2D eigenvalue weighted by molar-refractivity contribution is -0.249. The number of carbonyl (C=O) groups excluding carboxylic acids is 1. The number of rotatable bonds is 4. The molecule has 0 amide bonds. The van der Waals surface area contributed by atoms with Crippen LogP contribution in [0.4, 0.5) is 0 Å². The molecular formula is C13H17NO3. The van der Waals surface area contributed by atoms with Crippen molar-refractivity contribution in [1.82, 2.24) is 5.32 Å². The predicted molar refractivity (Wildman–Crippen MR) is 63.4 cm³/mol. The topological polar surface area (TPSA) is 47.6 Å². The summed E-state index contributed by atoms with van der Waals surface area (Å²) >= 11 is 0. The maximum Gasteiger partial charge on any atom is 0.373 e. The Balaban J connectivity index is 1.69. The molecule has 4 heteroatoms. The van der Waals surface area contributed by atoms with Gasteiger partial charge in [0, 0.05) is 0 Å². The fourth-order valence-electron chi connectivity index (χ4n) is 1.85. The molecule has 0 aliphatic carbocycles. The van der Waals surface area contributed by atoms with Gasteiger partial charge in [0.15, 0.2) is 0 Å². The predicted octanol–water partition coefficient (Wildman–Crippen LogP) is 1.77. The first-order chi connectivity index (χ1) is 8.36. The van der Waals surface area contributed by atoms with Crippen molar-refractivity contribution in [2.75, 3.05) is 19.7 Å². The van der Waals surface area contributed by atoms with Crippen LogP contribution in [0.15, 0.2) is 30.3 Å². The summed E-state index contributed by atoms with van der Waals surface area (Å²) in [5.41, 5.74) is 0.512. The Morgan fingerprint density at radius 3 is 2.65 bits per heavy atom. The summed E-state index contributed by atoms with van der Waals surface area (Å²) in [5, 5.41) is 3.28. The molecule has 1 heterocycles. The molecule has 1 aliphatic rings. The molecule has 92 valence electrons. The van der Waals surface area contributed by atoms with Gasteiger partial charge < -0.3 is 5.32 Å². The van der Waals surface area contributed by atoms with E-state index < -0.39 is 5.97 Å². The van der Waals surface area contributed by atoms with Gasteiger partial charge in [-0.1, -0.05) is 18.2 Å². The van der Waals surface area contributed by atoms with Gasteiger partial charge in [-0.05, 0) is 44.0 Å². The summed E-state index contributed by atoms with van der Waals surface area (Å²) in [7, 11) is 0. The van der Waals surface area contributed by atoms with Gasteiger partial charge in [-0.3, -0.25) is 4.89 Å². The molecule has 2 rings (SSSR count). The number of carbonyl (C=O) groups is 1. The zero-order chi connectivity index (χ0) is 11.9. The van der Waals surface area contributed by atoms with E-state index in [9.17, 15) is 4.79 Å². The van der Waals surface area contributed by atoms with Gasteiger partial charge >= 0.3 is 5.97 Å². The van der Waals surface area contributed by atoms with Gasteiger partial charge in [-0.25, -0.2) is 4.79 Å². The minimum atomic E-state index is -0.431. The van der Waals surface area contributed by atoms with E-state index in [0.29, 0.717) is 18.1 Å². The molecule has 0 atom stereocenters. The van der Waals surface area contributed by atoms with Gasteiger partial charge in [0.05, 0.1) is 12.2 Å². The van der Waals surface area contributed by atoms with Gasteiger partial charge in [0.2, 0.25) is 0 Å². The van der Waals surface area contributed by atoms with Crippen LogP contribution < -0.4 is 5.32 Å². The van der Waals surface area contributed by atoms with Crippen molar-refractivity contribution >= 4 is 5.97 Å². The van der Waals surface area contributed by atoms with Gasteiger partial charge in [0.25, 0.3) is 0 Å². The Kier molecular flexibility index (Phi) is 4.53. The zero-order valence-electron chi connectivity index (χ0n) is 9.72. The highest BCUT2D eigenvalue weighted by molar-refractivity contribution is 5.88. The lowest BCUT2D eigenvalue weighted by atomic mass is 10.00. The maximum atomic E-state index is 11.5. The van der Waals surface area contributed by atoms with Crippen LogP contribution in [-0.2, 0) is 9.78 Å². The molecular weight excluding hydrogens is 218 g/mol. The van der Waals surface area contributed by atoms with Crippen LogP contribution in [0, 0.1) is 5.92 Å². The van der Waals surface area contributed by atoms with E-state index in [1.165, 1.54) is 0 Å². The van der Waals surface area contributed by atoms with E-state index in [4.69, 9.17) is 9.78 Å². The van der Waals surface area contributed by atoms with Crippen LogP contribution in [0.5, 0.6) is 0 Å². The first-order valence-electron chi connectivity index (χ1n) is 5.96. The molecule has 1 aromatic rings. The lowest BCUT2D eigenvalue weighted by Crippen LogP contribution is -2.30. The summed E-state index contributed by atoms with van der Waals surface area (Å²) in [4.78, 5) is 21.3. The molecule has 0 unspecified atom stereocenters. The quantitative estimate of drug-likeness (QED) is 0.638. The Labute approximate surface area is 101 Å². The van der Waals surface area contributed by atoms with E-state index in [-0.39, 0.29) is 0 Å². The third-order valence-corrected chi connectivity index (χ3v) is 2.91. The van der Waals surface area contributed by atoms with Gasteiger partial charge in [-0.2, -0.15) is 4.89 Å². The Hall–Kier alpha value is -1.39. The van der Waals surface area contributed by atoms with E-state index in [0.717, 1.165) is 25.9 Å². The van der Waals surface area contributed by atoms with Crippen molar-refractivity contribution in [3.8, 4) is 0 Å². The minimum absolute atomic E-state index is 0.431. The number of piperidine rings is 1. The highest BCUT2D eigenvalue weighted by Crippen LogP contribution is 2.12. The average molecular weight is 235 g/mol. The standard InChI is InChI=1S/C13H17NO3/c15-13(12-4-2-1-3-5-12)17-16-10-11-6-8-14-9-7-11/h1-5,11,14H,6-10H2. The third kappa shape index (κ3) is 3.84. The molecule has 0 spiro atoms. The Morgan fingerprint density at radius 2 is 1.94 bits per heavy atom. The summed E-state index contributed by atoms with van der Waals surface area (Å²) in [6.07, 6.45) is 2.14. The second-order valence-corrected chi connectivity index (χ2v) is 4.21. The lowest BCUT2D eigenvalue weighted by Gasteiger charge is -2.21. The molecule has 0 saturated carbocycles. The minimum Gasteiger partial charge on any atom is -0.317 e. The third-order valence-electron chi connectivity index (χ3n) is 2.91. The number of benzene rings is 1. The largest absolute Gasteiger partial charge is 0.373 e. The molecule has 1 aliphatic heterocycles. The summed E-state index contributed by atoms with van der Waals surface area (Å²) in [6, 6.07) is 8.85. The van der Waals surface area contributed by atoms with Crippen LogP contribution in [0.2, 0.25) is 0 Å². The van der Waals surface area contributed by atoms with Crippen LogP contribution >= 0.6 is 0 Å². The normalized spacial score (nSPS) is 16.7. The number of hydrogen-bond acceptors (Lipinski definition) is 4. The molecule has 0 bridgehead atoms. The molecule has 1 saturated heterocycles. The summed E-state index contributed by atoms with van der Waals surface area (Å²) in [6.45, 7) is 2.52. The van der Waals surface area contributed by atoms with Crippen molar-refractivity contribution in [1.29, 1.82) is 0 Å². The fraction of sp³-hybridized carbons (Fsp3) is 0.462. The van der Waals surface area contributed by atoms with Crippen LogP contribution in [0.1, 0.15) is 23.2 Å². The fourth-order valence-corrected chi connectivity index (χ4v) is 1.85. The van der Waals surface area contributed by atoms with E-state index in [1.807, 2.05) is 6.07 Å². The SMILES string of the molecule is O=C(OOCC1CCNCC1)c1ccccc1. The second-order valence-electron chi connectivity index (χ2n) is 4.21. The van der Waals surface area contributed by atoms with E-state index in [2.05, 4.69) is 5.32 Å². The Bertz CT molecular complexity index is 347. The maximum absolute atomic E-state index is 11.5. The smallest absolute Gasteiger partial charge is 0.317 e. The monoisotopic (exact) mass is 235 g/mol. The van der Waals surface area contributed by atoms with Crippen molar-refractivity contribution in [2.24, 2.45) is 5.92 Å². The molecule has 0 radical (unpaired) electrons. The zero-order valence-corrected chi connectivity index (χ0v) is 9.72. The van der Waals surface area contributed by atoms with E-state index >= 15 is 0 Å². The molecule has 1 aromatic carbocycles. The highest BCUT2D eigenvalue weighted by Gasteiger charge is 2.15. The van der Waals surface area contributed by atoms with Crippen LogP contribution in [0.25, 0.3) is 0 Å². The van der Waals surface area contributed by atoms with Gasteiger partial charge in [0.1, 0.15) is 0 Å². The van der Waals surface area contributed by atoms with E-state index in [1.54, 1.807) is 24.3 Å². The number of hydrogen-bond donors (Lipinski definition) is 1. The molecule has 1 fully saturated rings.